The molecular weight excluding hydrogens is 360 g/mol. The highest BCUT2D eigenvalue weighted by Gasteiger charge is 2.26. The lowest BCUT2D eigenvalue weighted by molar-refractivity contribution is 0.0195. The summed E-state index contributed by atoms with van der Waals surface area (Å²) in [5.74, 6) is -4.19. The Hall–Kier alpha value is -1.87. The molecule has 0 aromatic heterocycles. The molecule has 1 atom stereocenters. The molecule has 138 valence electrons. The monoisotopic (exact) mass is 380 g/mol. The number of benzene rings is 2. The predicted molar refractivity (Wildman–Crippen MR) is 96.6 cm³/mol. The molecule has 0 amide bonds. The predicted octanol–water partition coefficient (Wildman–Crippen LogP) is 5.36. The van der Waals surface area contributed by atoms with Gasteiger partial charge in [0.1, 0.15) is 6.10 Å². The highest BCUT2D eigenvalue weighted by atomic mass is 31.0. The minimum Gasteiger partial charge on any atom is -0.459 e. The van der Waals surface area contributed by atoms with Gasteiger partial charge in [0.15, 0.2) is 17.5 Å². The summed E-state index contributed by atoms with van der Waals surface area (Å²) in [7, 11) is 2.63. The van der Waals surface area contributed by atoms with Crippen molar-refractivity contribution in [3.63, 3.8) is 0 Å². The normalized spacial score (nSPS) is 20.0. The second kappa shape index (κ2) is 8.22. The summed E-state index contributed by atoms with van der Waals surface area (Å²) in [5.41, 5.74) is 2.09. The molecule has 3 rings (SSSR count). The van der Waals surface area contributed by atoms with Gasteiger partial charge in [-0.3, -0.25) is 0 Å². The lowest BCUT2D eigenvalue weighted by Crippen LogP contribution is -2.24. The van der Waals surface area contributed by atoms with Crippen LogP contribution in [-0.2, 0) is 10.9 Å². The number of hydrogen-bond donors (Lipinski definition) is 0. The molecule has 2 nitrogen and oxygen atoms in total. The van der Waals surface area contributed by atoms with Gasteiger partial charge in [0.05, 0.1) is 5.56 Å². The van der Waals surface area contributed by atoms with Crippen molar-refractivity contribution in [2.24, 2.45) is 0 Å². The zero-order valence-electron chi connectivity index (χ0n) is 14.2. The molecule has 0 spiro atoms. The molecule has 26 heavy (non-hydrogen) atoms. The molecule has 6 heteroatoms. The van der Waals surface area contributed by atoms with Crippen LogP contribution >= 0.6 is 9.24 Å². The smallest absolute Gasteiger partial charge is 0.338 e. The van der Waals surface area contributed by atoms with Gasteiger partial charge in [-0.15, -0.1) is 9.24 Å². The summed E-state index contributed by atoms with van der Waals surface area (Å²) in [4.78, 5) is 12.2. The highest BCUT2D eigenvalue weighted by Crippen LogP contribution is 2.35. The van der Waals surface area contributed by atoms with Crippen molar-refractivity contribution in [1.82, 2.24) is 0 Å². The van der Waals surface area contributed by atoms with Crippen LogP contribution < -0.4 is 0 Å². The number of rotatable bonds is 4. The Labute approximate surface area is 153 Å². The number of halogens is 3. The molecule has 1 fully saturated rings. The van der Waals surface area contributed by atoms with Crippen LogP contribution in [0.4, 0.5) is 13.2 Å². The van der Waals surface area contributed by atoms with Crippen LogP contribution in [0.25, 0.3) is 0 Å². The number of ether oxygens (including phenoxy) is 1. The van der Waals surface area contributed by atoms with Gasteiger partial charge in [0, 0.05) is 0 Å². The Kier molecular flexibility index (Phi) is 5.98. The first-order valence-corrected chi connectivity index (χ1v) is 9.44. The van der Waals surface area contributed by atoms with E-state index in [9.17, 15) is 18.0 Å². The van der Waals surface area contributed by atoms with Crippen molar-refractivity contribution in [2.75, 3.05) is 0 Å². The molecule has 1 saturated carbocycles. The Bertz CT molecular complexity index is 761. The minimum atomic E-state index is -1.44. The fraction of sp³-hybridized carbons (Fsp3) is 0.350. The van der Waals surface area contributed by atoms with Crippen LogP contribution in [0.3, 0.4) is 0 Å². The van der Waals surface area contributed by atoms with E-state index in [0.717, 1.165) is 23.9 Å². The van der Waals surface area contributed by atoms with Crippen molar-refractivity contribution in [3.8, 4) is 0 Å². The fourth-order valence-electron chi connectivity index (χ4n) is 3.32. The fourth-order valence-corrected chi connectivity index (χ4v) is 3.59. The number of carbonyl (C=O) groups is 1. The molecule has 1 aliphatic rings. The number of carbonyl (C=O) groups excluding carboxylic acids is 1. The van der Waals surface area contributed by atoms with E-state index in [4.69, 9.17) is 4.74 Å². The first kappa shape index (κ1) is 18.9. The number of esters is 1. The molecular formula is C20H20F3O2P. The molecule has 2 aromatic rings. The Balaban J connectivity index is 1.57. The van der Waals surface area contributed by atoms with Gasteiger partial charge < -0.3 is 4.74 Å². The lowest BCUT2D eigenvalue weighted by Gasteiger charge is -2.28. The maximum Gasteiger partial charge on any atom is 0.338 e. The topological polar surface area (TPSA) is 26.3 Å². The van der Waals surface area contributed by atoms with Crippen molar-refractivity contribution in [1.29, 1.82) is 0 Å². The van der Waals surface area contributed by atoms with E-state index >= 15 is 0 Å². The summed E-state index contributed by atoms with van der Waals surface area (Å²) >= 11 is 0. The zero-order chi connectivity index (χ0) is 18.7. The second-order valence-electron chi connectivity index (χ2n) is 6.58. The summed E-state index contributed by atoms with van der Waals surface area (Å²) in [6, 6.07) is 9.39. The van der Waals surface area contributed by atoms with Crippen molar-refractivity contribution >= 4 is 15.2 Å². The lowest BCUT2D eigenvalue weighted by atomic mass is 9.82. The Morgan fingerprint density at radius 3 is 2.12 bits per heavy atom. The quantitative estimate of drug-likeness (QED) is 0.405. The maximum absolute atomic E-state index is 13.4. The van der Waals surface area contributed by atoms with Crippen LogP contribution in [0.1, 0.15) is 53.1 Å². The van der Waals surface area contributed by atoms with Crippen LogP contribution in [0, 0.1) is 17.5 Å². The third-order valence-corrected chi connectivity index (χ3v) is 5.32. The van der Waals surface area contributed by atoms with Crippen LogP contribution in [0.5, 0.6) is 0 Å². The third kappa shape index (κ3) is 4.27. The van der Waals surface area contributed by atoms with Crippen LogP contribution in [0.2, 0.25) is 0 Å². The highest BCUT2D eigenvalue weighted by molar-refractivity contribution is 7.15. The van der Waals surface area contributed by atoms with Gasteiger partial charge in [0.2, 0.25) is 0 Å². The van der Waals surface area contributed by atoms with E-state index < -0.39 is 17.5 Å². The van der Waals surface area contributed by atoms with E-state index in [0.29, 0.717) is 36.8 Å². The van der Waals surface area contributed by atoms with E-state index in [1.807, 2.05) is 12.1 Å². The molecule has 0 saturated heterocycles. The van der Waals surface area contributed by atoms with Gasteiger partial charge in [0.25, 0.3) is 0 Å². The summed E-state index contributed by atoms with van der Waals surface area (Å²) in [5, 5.41) is 0. The average molecular weight is 380 g/mol. The summed E-state index contributed by atoms with van der Waals surface area (Å²) in [6.07, 6.45) is 3.10. The molecule has 0 N–H and O–H groups in total. The second-order valence-corrected chi connectivity index (χ2v) is 6.99. The van der Waals surface area contributed by atoms with Gasteiger partial charge in [-0.25, -0.2) is 18.0 Å². The zero-order valence-corrected chi connectivity index (χ0v) is 15.3. The van der Waals surface area contributed by atoms with Gasteiger partial charge in [-0.05, 0) is 73.2 Å². The molecule has 0 radical (unpaired) electrons. The first-order valence-electron chi connectivity index (χ1n) is 8.62. The van der Waals surface area contributed by atoms with Crippen molar-refractivity contribution in [3.05, 3.63) is 70.5 Å². The number of hydrogen-bond acceptors (Lipinski definition) is 2. The van der Waals surface area contributed by atoms with Crippen LogP contribution in [-0.4, -0.2) is 12.1 Å². The third-order valence-electron chi connectivity index (χ3n) is 4.85. The molecule has 0 aliphatic heterocycles. The Morgan fingerprint density at radius 2 is 1.58 bits per heavy atom. The van der Waals surface area contributed by atoms with Crippen molar-refractivity contribution < 1.29 is 22.7 Å². The molecule has 1 aliphatic carbocycles. The molecule has 0 heterocycles. The van der Waals surface area contributed by atoms with E-state index in [1.165, 1.54) is 0 Å². The summed E-state index contributed by atoms with van der Waals surface area (Å²) in [6.45, 7) is 0. The van der Waals surface area contributed by atoms with Gasteiger partial charge >= 0.3 is 5.97 Å². The maximum atomic E-state index is 13.4. The molecule has 2 aromatic carbocycles. The summed E-state index contributed by atoms with van der Waals surface area (Å²) < 4.78 is 45.4. The standard InChI is InChI=1S/C20H20F3O2P/c21-17-9-15(10-18(22)19(17)23)13-5-7-16(8-6-13)25-20(24)14-3-1-12(11-26)2-4-14/h1-4,9-10,13,16H,5-8,11,26H2. The Morgan fingerprint density at radius 1 is 1.00 bits per heavy atom. The van der Waals surface area contributed by atoms with E-state index in [-0.39, 0.29) is 18.0 Å². The largest absolute Gasteiger partial charge is 0.459 e. The minimum absolute atomic E-state index is 0.0594. The molecule has 1 unspecified atom stereocenters. The average Bonchev–Trinajstić information content (AvgIpc) is 2.66. The van der Waals surface area contributed by atoms with E-state index in [2.05, 4.69) is 9.24 Å². The first-order chi connectivity index (χ1) is 12.5. The van der Waals surface area contributed by atoms with Crippen molar-refractivity contribution in [2.45, 2.75) is 43.9 Å². The van der Waals surface area contributed by atoms with Gasteiger partial charge in [-0.1, -0.05) is 12.1 Å². The SMILES string of the molecule is O=C(OC1CCC(c2cc(F)c(F)c(F)c2)CC1)c1ccc(CP)cc1. The van der Waals surface area contributed by atoms with Gasteiger partial charge in [-0.2, -0.15) is 0 Å². The van der Waals surface area contributed by atoms with E-state index in [1.54, 1.807) is 12.1 Å². The van der Waals surface area contributed by atoms with Crippen LogP contribution in [0.15, 0.2) is 36.4 Å². The molecule has 0 bridgehead atoms.